The van der Waals surface area contributed by atoms with E-state index in [-0.39, 0.29) is 10.9 Å². The average molecular weight is 133 g/mol. The van der Waals surface area contributed by atoms with E-state index in [4.69, 9.17) is 5.84 Å². The normalized spacial score (nSPS) is 7.75. The molecule has 0 aromatic rings. The van der Waals surface area contributed by atoms with Crippen molar-refractivity contribution in [3.05, 3.63) is 0 Å². The highest BCUT2D eigenvalue weighted by Crippen LogP contribution is 1.65. The fraction of sp³-hybridized carbons (Fsp3) is 0.333. The van der Waals surface area contributed by atoms with E-state index in [9.17, 15) is 4.79 Å². The third-order valence-corrected chi connectivity index (χ3v) is 0.868. The quantitative estimate of drug-likeness (QED) is 0.214. The van der Waals surface area contributed by atoms with Gasteiger partial charge in [-0.15, -0.1) is 0 Å². The summed E-state index contributed by atoms with van der Waals surface area (Å²) in [5.41, 5.74) is 2.04. The van der Waals surface area contributed by atoms with E-state index in [1.807, 2.05) is 5.43 Å². The Morgan fingerprint density at radius 1 is 1.75 bits per heavy atom. The number of thiocarbonyl (C=S) groups is 1. The Kier molecular flexibility index (Phi) is 3.05. The number of hydrazine groups is 1. The van der Waals surface area contributed by atoms with Gasteiger partial charge in [-0.1, -0.05) is 12.2 Å². The maximum absolute atomic E-state index is 10.3. The maximum atomic E-state index is 10.3. The van der Waals surface area contributed by atoms with Crippen molar-refractivity contribution >= 4 is 23.1 Å². The molecule has 0 rings (SSSR count). The third-order valence-electron chi connectivity index (χ3n) is 0.564. The lowest BCUT2D eigenvalue weighted by Crippen LogP contribution is -2.40. The number of carbonyl (C=O) groups is 1. The van der Waals surface area contributed by atoms with Crippen LogP contribution < -0.4 is 16.6 Å². The van der Waals surface area contributed by atoms with Crippen LogP contribution in [0.25, 0.3) is 0 Å². The minimum atomic E-state index is -0.373. The SMILES string of the molecule is CNC(=O)C(=S)NN. The molecule has 4 nitrogen and oxygen atoms in total. The molecule has 5 heteroatoms. The molecule has 0 aliphatic carbocycles. The number of hydrogen-bond acceptors (Lipinski definition) is 3. The summed E-state index contributed by atoms with van der Waals surface area (Å²) in [5.74, 6) is 4.42. The Labute approximate surface area is 52.4 Å². The molecular formula is C3H7N3OS. The molecule has 0 fully saturated rings. The molecule has 0 bridgehead atoms. The maximum Gasteiger partial charge on any atom is 0.279 e. The van der Waals surface area contributed by atoms with Gasteiger partial charge >= 0.3 is 0 Å². The van der Waals surface area contributed by atoms with Crippen molar-refractivity contribution in [2.75, 3.05) is 7.05 Å². The van der Waals surface area contributed by atoms with E-state index in [1.54, 1.807) is 0 Å². The number of nitrogens with two attached hydrogens (primary N) is 1. The van der Waals surface area contributed by atoms with Gasteiger partial charge in [0.15, 0.2) is 4.99 Å². The second-order valence-electron chi connectivity index (χ2n) is 1.05. The van der Waals surface area contributed by atoms with E-state index in [2.05, 4.69) is 17.5 Å². The molecule has 1 amide bonds. The number of rotatable bonds is 0. The highest BCUT2D eigenvalue weighted by Gasteiger charge is 2.00. The molecule has 0 heterocycles. The van der Waals surface area contributed by atoms with Crippen LogP contribution in [0.15, 0.2) is 0 Å². The topological polar surface area (TPSA) is 67.2 Å². The van der Waals surface area contributed by atoms with Gasteiger partial charge in [-0.2, -0.15) is 0 Å². The predicted molar refractivity (Wildman–Crippen MR) is 34.0 cm³/mol. The number of amides is 1. The summed E-state index contributed by atoms with van der Waals surface area (Å²) < 4.78 is 0. The van der Waals surface area contributed by atoms with Crippen molar-refractivity contribution in [2.45, 2.75) is 0 Å². The van der Waals surface area contributed by atoms with Crippen LogP contribution in [-0.2, 0) is 4.79 Å². The molecular weight excluding hydrogens is 126 g/mol. The predicted octanol–water partition coefficient (Wildman–Crippen LogP) is -1.48. The lowest BCUT2D eigenvalue weighted by atomic mass is 10.6. The first kappa shape index (κ1) is 7.32. The standard InChI is InChI=1S/C3H7N3OS/c1-5-2(7)3(8)6-4/h4H2,1H3,(H,5,7)(H,6,8). The molecule has 0 atom stereocenters. The van der Waals surface area contributed by atoms with E-state index >= 15 is 0 Å². The van der Waals surface area contributed by atoms with Crippen molar-refractivity contribution in [3.8, 4) is 0 Å². The molecule has 0 spiro atoms. The van der Waals surface area contributed by atoms with Crippen molar-refractivity contribution in [1.29, 1.82) is 0 Å². The lowest BCUT2D eigenvalue weighted by molar-refractivity contribution is -0.114. The van der Waals surface area contributed by atoms with Crippen LogP contribution in [0, 0.1) is 0 Å². The third kappa shape index (κ3) is 1.85. The molecule has 0 aliphatic heterocycles. The molecule has 0 aromatic carbocycles. The van der Waals surface area contributed by atoms with E-state index in [1.165, 1.54) is 7.05 Å². The summed E-state index contributed by atoms with van der Waals surface area (Å²) in [5, 5.41) is 2.29. The summed E-state index contributed by atoms with van der Waals surface area (Å²) in [6.07, 6.45) is 0. The van der Waals surface area contributed by atoms with E-state index in [0.29, 0.717) is 0 Å². The van der Waals surface area contributed by atoms with E-state index < -0.39 is 0 Å². The molecule has 0 aromatic heterocycles. The second kappa shape index (κ2) is 3.34. The van der Waals surface area contributed by atoms with Gasteiger partial charge in [0.25, 0.3) is 5.91 Å². The molecule has 8 heavy (non-hydrogen) atoms. The minimum absolute atomic E-state index is 0.00694. The fourth-order valence-corrected chi connectivity index (χ4v) is 0.281. The summed E-state index contributed by atoms with van der Waals surface area (Å²) in [6, 6.07) is 0. The van der Waals surface area contributed by atoms with Crippen LogP contribution in [-0.4, -0.2) is 17.9 Å². The van der Waals surface area contributed by atoms with Gasteiger partial charge in [0.05, 0.1) is 0 Å². The molecule has 0 saturated carbocycles. The minimum Gasteiger partial charge on any atom is -0.353 e. The van der Waals surface area contributed by atoms with Gasteiger partial charge in [-0.25, -0.2) is 5.84 Å². The van der Waals surface area contributed by atoms with Crippen LogP contribution in [0.4, 0.5) is 0 Å². The molecule has 0 radical (unpaired) electrons. The van der Waals surface area contributed by atoms with Gasteiger partial charge in [0, 0.05) is 7.05 Å². The first-order valence-corrected chi connectivity index (χ1v) is 2.36. The van der Waals surface area contributed by atoms with Gasteiger partial charge in [0.2, 0.25) is 0 Å². The van der Waals surface area contributed by atoms with Crippen LogP contribution in [0.2, 0.25) is 0 Å². The first-order valence-electron chi connectivity index (χ1n) is 1.95. The Bertz CT molecular complexity index is 99.1. The van der Waals surface area contributed by atoms with Gasteiger partial charge in [0.1, 0.15) is 0 Å². The lowest BCUT2D eigenvalue weighted by Gasteiger charge is -1.97. The summed E-state index contributed by atoms with van der Waals surface area (Å²) in [6.45, 7) is 0. The van der Waals surface area contributed by atoms with Crippen LogP contribution >= 0.6 is 12.2 Å². The molecule has 0 aliphatic rings. The van der Waals surface area contributed by atoms with Crippen LogP contribution in [0.3, 0.4) is 0 Å². The second-order valence-corrected chi connectivity index (χ2v) is 1.46. The fourth-order valence-electron chi connectivity index (χ4n) is 0.179. The zero-order chi connectivity index (χ0) is 6.57. The largest absolute Gasteiger partial charge is 0.353 e. The van der Waals surface area contributed by atoms with Crippen LogP contribution in [0.1, 0.15) is 0 Å². The number of carbonyl (C=O) groups excluding carboxylic acids is 1. The van der Waals surface area contributed by atoms with Crippen molar-refractivity contribution in [1.82, 2.24) is 10.7 Å². The summed E-state index contributed by atoms with van der Waals surface area (Å²) >= 11 is 4.43. The van der Waals surface area contributed by atoms with Crippen molar-refractivity contribution in [2.24, 2.45) is 5.84 Å². The number of nitrogens with one attached hydrogen (secondary N) is 2. The Morgan fingerprint density at radius 2 is 2.25 bits per heavy atom. The first-order chi connectivity index (χ1) is 3.72. The van der Waals surface area contributed by atoms with Crippen LogP contribution in [0.5, 0.6) is 0 Å². The van der Waals surface area contributed by atoms with Crippen molar-refractivity contribution < 1.29 is 4.79 Å². The highest BCUT2D eigenvalue weighted by atomic mass is 32.1. The molecule has 0 saturated heterocycles. The number of likely N-dealkylation sites (N-methyl/N-ethyl adjacent to an activating group) is 1. The smallest absolute Gasteiger partial charge is 0.279 e. The summed E-state index contributed by atoms with van der Waals surface area (Å²) in [7, 11) is 1.48. The zero-order valence-electron chi connectivity index (χ0n) is 4.39. The Balaban J connectivity index is 3.64. The highest BCUT2D eigenvalue weighted by molar-refractivity contribution is 7.82. The van der Waals surface area contributed by atoms with E-state index in [0.717, 1.165) is 0 Å². The Hall–Kier alpha value is -0.680. The summed E-state index contributed by atoms with van der Waals surface area (Å²) in [4.78, 5) is 10.3. The average Bonchev–Trinajstić information content (AvgIpc) is 1.84. The Morgan fingerprint density at radius 3 is 2.38 bits per heavy atom. The zero-order valence-corrected chi connectivity index (χ0v) is 5.21. The number of hydrogen-bond donors (Lipinski definition) is 3. The molecule has 46 valence electrons. The van der Waals surface area contributed by atoms with Crippen molar-refractivity contribution in [3.63, 3.8) is 0 Å². The molecule has 4 N–H and O–H groups in total. The molecule has 0 unspecified atom stereocenters. The van der Waals surface area contributed by atoms with Gasteiger partial charge in [-0.3, -0.25) is 4.79 Å². The monoisotopic (exact) mass is 133 g/mol. The van der Waals surface area contributed by atoms with Gasteiger partial charge < -0.3 is 10.7 Å². The van der Waals surface area contributed by atoms with Gasteiger partial charge in [-0.05, 0) is 0 Å².